The molecule has 0 aromatic carbocycles. The summed E-state index contributed by atoms with van der Waals surface area (Å²) >= 11 is 0. The highest BCUT2D eigenvalue weighted by Gasteiger charge is 2.46. The van der Waals surface area contributed by atoms with Gasteiger partial charge in [-0.2, -0.15) is 9.29 Å². The molecule has 0 amide bonds. The average Bonchev–Trinajstić information content (AvgIpc) is 3.58. The topological polar surface area (TPSA) is 286 Å². The van der Waals surface area contributed by atoms with Crippen LogP contribution in [0.4, 0.5) is 5.82 Å². The van der Waals surface area contributed by atoms with Gasteiger partial charge in [-0.15, -0.1) is 0 Å². The van der Waals surface area contributed by atoms with E-state index in [1.807, 2.05) is 12.2 Å². The summed E-state index contributed by atoms with van der Waals surface area (Å²) in [7, 11) is -10.9. The van der Waals surface area contributed by atoms with Gasteiger partial charge in [0.1, 0.15) is 30.7 Å². The largest absolute Gasteiger partial charge is 0.481 e. The van der Waals surface area contributed by atoms with Gasteiger partial charge in [-0.25, -0.2) is 13.9 Å². The smallest absolute Gasteiger partial charge is 0.462 e. The Morgan fingerprint density at radius 3 is 2.06 bits per heavy atom. The number of phosphoric acid groups is 2. The number of allylic oxidation sites excluding steroid dienone is 5. The molecule has 70 heavy (non-hydrogen) atoms. The molecule has 19 nitrogen and oxygen atoms in total. The molecule has 1 fully saturated rings. The molecule has 3 unspecified atom stereocenters. The fourth-order valence-corrected chi connectivity index (χ4v) is 9.62. The van der Waals surface area contributed by atoms with Crippen molar-refractivity contribution in [3.63, 3.8) is 0 Å². The van der Waals surface area contributed by atoms with E-state index in [4.69, 9.17) is 29.0 Å². The first-order valence-corrected chi connectivity index (χ1v) is 28.5. The molecule has 1 aromatic heterocycles. The Labute approximate surface area is 415 Å². The number of anilines is 1. The van der Waals surface area contributed by atoms with Crippen molar-refractivity contribution in [2.45, 2.75) is 212 Å². The number of phosphoric ester groups is 2. The SMILES string of the molecule is CCCCCCCC/C=C/C/C=C/C=C/C(O)CCCC(=O)O[C@H](COC(=O)CCCCCCCCCCCCCC(C)C)COP(=O)(O)OP(=O)(O)OC[C@H]1O[C@@H](n2ccc(N)nc2=O)[C@H](O)[C@@H]1O. The van der Waals surface area contributed by atoms with Crippen LogP contribution in [0.25, 0.3) is 0 Å². The Bertz CT molecular complexity index is 1850. The Morgan fingerprint density at radius 1 is 0.786 bits per heavy atom. The number of esters is 2. The number of unbranched alkanes of at least 4 members (excludes halogenated alkanes) is 16. The summed E-state index contributed by atoms with van der Waals surface area (Å²) < 4.78 is 56.6. The molecule has 1 aliphatic rings. The van der Waals surface area contributed by atoms with Crippen LogP contribution in [0.5, 0.6) is 0 Å². The molecule has 2 rings (SSSR count). The molecule has 1 saturated heterocycles. The minimum Gasteiger partial charge on any atom is -0.462 e. The van der Waals surface area contributed by atoms with Crippen molar-refractivity contribution in [2.75, 3.05) is 25.6 Å². The molecule has 2 heterocycles. The molecular formula is C49H85N3O16P2. The van der Waals surface area contributed by atoms with Crippen LogP contribution in [0.1, 0.15) is 181 Å². The van der Waals surface area contributed by atoms with Crippen LogP contribution in [0.3, 0.4) is 0 Å². The van der Waals surface area contributed by atoms with E-state index in [0.29, 0.717) is 6.42 Å². The maximum atomic E-state index is 12.9. The lowest BCUT2D eigenvalue weighted by Gasteiger charge is -2.21. The van der Waals surface area contributed by atoms with Crippen molar-refractivity contribution in [3.8, 4) is 0 Å². The first-order chi connectivity index (χ1) is 33.4. The van der Waals surface area contributed by atoms with Crippen molar-refractivity contribution in [3.05, 3.63) is 59.2 Å². The molecule has 0 aliphatic carbocycles. The van der Waals surface area contributed by atoms with Gasteiger partial charge in [-0.05, 0) is 50.5 Å². The number of hydrogen-bond acceptors (Lipinski definition) is 16. The number of carbonyl (C=O) groups is 2. The molecule has 21 heteroatoms. The molecule has 0 radical (unpaired) electrons. The second kappa shape index (κ2) is 36.8. The highest BCUT2D eigenvalue weighted by molar-refractivity contribution is 7.61. The van der Waals surface area contributed by atoms with E-state index in [1.165, 1.54) is 89.5 Å². The lowest BCUT2D eigenvalue weighted by atomic mass is 10.0. The lowest BCUT2D eigenvalue weighted by molar-refractivity contribution is -0.161. The van der Waals surface area contributed by atoms with Gasteiger partial charge >= 0.3 is 33.3 Å². The van der Waals surface area contributed by atoms with Crippen molar-refractivity contribution < 1.29 is 71.4 Å². The lowest BCUT2D eigenvalue weighted by Crippen LogP contribution is -2.36. The van der Waals surface area contributed by atoms with Gasteiger partial charge in [0.15, 0.2) is 12.3 Å². The first kappa shape index (κ1) is 63.1. The van der Waals surface area contributed by atoms with E-state index in [1.54, 1.807) is 12.2 Å². The molecule has 8 atom stereocenters. The molecule has 0 spiro atoms. The molecule has 0 saturated carbocycles. The van der Waals surface area contributed by atoms with Crippen LogP contribution in [0.15, 0.2) is 53.5 Å². The monoisotopic (exact) mass is 1030 g/mol. The van der Waals surface area contributed by atoms with Gasteiger partial charge < -0.3 is 45.1 Å². The Balaban J connectivity index is 1.86. The normalized spacial score (nSPS) is 20.1. The number of nitrogens with two attached hydrogens (primary N) is 1. The van der Waals surface area contributed by atoms with Crippen molar-refractivity contribution in [1.29, 1.82) is 0 Å². The van der Waals surface area contributed by atoms with Crippen LogP contribution < -0.4 is 11.4 Å². The van der Waals surface area contributed by atoms with Crippen LogP contribution in [-0.2, 0) is 46.3 Å². The predicted octanol–water partition coefficient (Wildman–Crippen LogP) is 9.22. The first-order valence-electron chi connectivity index (χ1n) is 25.5. The van der Waals surface area contributed by atoms with E-state index >= 15 is 0 Å². The van der Waals surface area contributed by atoms with Gasteiger partial charge in [-0.3, -0.25) is 23.2 Å². The fraction of sp³-hybridized carbons (Fsp3) is 0.755. The van der Waals surface area contributed by atoms with Crippen molar-refractivity contribution >= 4 is 33.4 Å². The maximum absolute atomic E-state index is 12.9. The molecule has 7 N–H and O–H groups in total. The number of aliphatic hydroxyl groups is 3. The van der Waals surface area contributed by atoms with Crippen LogP contribution in [0, 0.1) is 5.92 Å². The standard InChI is InChI=1S/C49H85N3O16P2/c1-4-5-6-7-8-9-10-11-14-17-20-23-26-30-40(53)31-28-33-45(55)66-41(36-63-44(54)32-27-24-21-18-15-12-13-16-19-22-25-29-39(2)3)37-64-69(59,60)68-70(61,62)65-38-42-46(56)47(57)48(67-42)52-35-34-43(50)51-49(52)58/h11,14,20,23,26,30,34-35,39-42,46-48,53,56-57H,4-10,12-13,15-19,21-22,24-25,27-29,31-33,36-38H2,1-3H3,(H,59,60)(H,61,62)(H2,50,51,58)/b14-11+,23-20+,30-26+/t40?,41-,42-,46-,47-,48-/m1/s1. The zero-order valence-corrected chi connectivity index (χ0v) is 43.6. The second-order valence-corrected chi connectivity index (χ2v) is 21.4. The summed E-state index contributed by atoms with van der Waals surface area (Å²) in [6, 6.07) is 1.24. The van der Waals surface area contributed by atoms with Crippen LogP contribution in [0.2, 0.25) is 0 Å². The maximum Gasteiger partial charge on any atom is 0.481 e. The summed E-state index contributed by atoms with van der Waals surface area (Å²) in [5, 5.41) is 31.3. The van der Waals surface area contributed by atoms with E-state index in [2.05, 4.69) is 42.2 Å². The highest BCUT2D eigenvalue weighted by Crippen LogP contribution is 2.60. The fourth-order valence-electron chi connectivity index (χ4n) is 7.51. The van der Waals surface area contributed by atoms with Crippen molar-refractivity contribution in [2.24, 2.45) is 5.92 Å². The molecule has 1 aromatic rings. The molecular weight excluding hydrogens is 948 g/mol. The third-order valence-corrected chi connectivity index (χ3v) is 14.1. The predicted molar refractivity (Wildman–Crippen MR) is 267 cm³/mol. The van der Waals surface area contributed by atoms with E-state index in [-0.39, 0.29) is 31.5 Å². The zero-order valence-electron chi connectivity index (χ0n) is 41.8. The van der Waals surface area contributed by atoms with Gasteiger partial charge in [0, 0.05) is 19.0 Å². The van der Waals surface area contributed by atoms with Gasteiger partial charge in [-0.1, -0.05) is 160 Å². The molecule has 402 valence electrons. The summed E-state index contributed by atoms with van der Waals surface area (Å²) in [5.74, 6) is -0.741. The number of carbonyl (C=O) groups excluding carboxylic acids is 2. The van der Waals surface area contributed by atoms with Gasteiger partial charge in [0.25, 0.3) is 0 Å². The summed E-state index contributed by atoms with van der Waals surface area (Å²) in [5.41, 5.74) is 4.57. The zero-order chi connectivity index (χ0) is 51.6. The minimum atomic E-state index is -5.47. The summed E-state index contributed by atoms with van der Waals surface area (Å²) in [4.78, 5) is 61.9. The Hall–Kier alpha value is -3.06. The number of aliphatic hydroxyl groups excluding tert-OH is 3. The quantitative estimate of drug-likeness (QED) is 0.0117. The van der Waals surface area contributed by atoms with E-state index in [0.717, 1.165) is 55.2 Å². The molecule has 0 bridgehead atoms. The Morgan fingerprint density at radius 2 is 1.40 bits per heavy atom. The van der Waals surface area contributed by atoms with Gasteiger partial charge in [0.2, 0.25) is 0 Å². The number of ether oxygens (including phenoxy) is 3. The summed E-state index contributed by atoms with van der Waals surface area (Å²) in [6.07, 6.45) is 26.9. The third kappa shape index (κ3) is 30.1. The number of nitrogen functional groups attached to an aromatic ring is 1. The molecule has 1 aliphatic heterocycles. The summed E-state index contributed by atoms with van der Waals surface area (Å²) in [6.45, 7) is 4.26. The third-order valence-electron chi connectivity index (χ3n) is 11.5. The minimum absolute atomic E-state index is 0.0892. The average molecular weight is 1030 g/mol. The Kier molecular flexibility index (Phi) is 33.1. The number of nitrogens with zero attached hydrogens (tertiary/aromatic N) is 2. The van der Waals surface area contributed by atoms with Crippen LogP contribution in [-0.4, -0.2) is 96.9 Å². The number of aromatic nitrogens is 2. The van der Waals surface area contributed by atoms with E-state index < -0.39 is 89.8 Å². The number of hydrogen-bond donors (Lipinski definition) is 6. The number of rotatable bonds is 41. The second-order valence-electron chi connectivity index (χ2n) is 18.4. The highest BCUT2D eigenvalue weighted by atomic mass is 31.3. The van der Waals surface area contributed by atoms with E-state index in [9.17, 15) is 48.6 Å². The van der Waals surface area contributed by atoms with Crippen molar-refractivity contribution in [1.82, 2.24) is 9.55 Å². The van der Waals surface area contributed by atoms with Crippen LogP contribution >= 0.6 is 15.6 Å². The van der Waals surface area contributed by atoms with Gasteiger partial charge in [0.05, 0.1) is 19.3 Å².